The molecule has 1 aliphatic carbocycles. The molecule has 2 nitrogen and oxygen atoms in total. The topological polar surface area (TPSA) is 17.8 Å². The Morgan fingerprint density at radius 3 is 2.61 bits per heavy atom. The number of rotatable bonds is 5. The van der Waals surface area contributed by atoms with Crippen molar-refractivity contribution in [2.24, 2.45) is 0 Å². The monoisotopic (exact) mass is 330 g/mol. The summed E-state index contributed by atoms with van der Waals surface area (Å²) < 4.78 is 2.45. The van der Waals surface area contributed by atoms with Crippen LogP contribution in [0.5, 0.6) is 0 Å². The maximum atomic E-state index is 6.42. The quantitative estimate of drug-likeness (QED) is 0.648. The van der Waals surface area contributed by atoms with Crippen molar-refractivity contribution in [2.75, 3.05) is 0 Å². The molecule has 3 heteroatoms. The van der Waals surface area contributed by atoms with Gasteiger partial charge in [-0.3, -0.25) is 0 Å². The summed E-state index contributed by atoms with van der Waals surface area (Å²) in [6.07, 6.45) is 12.8. The zero-order valence-electron chi connectivity index (χ0n) is 14.3. The van der Waals surface area contributed by atoms with E-state index >= 15 is 0 Å². The molecule has 2 aromatic rings. The van der Waals surface area contributed by atoms with Crippen molar-refractivity contribution in [1.82, 2.24) is 9.55 Å². The van der Waals surface area contributed by atoms with Gasteiger partial charge < -0.3 is 4.57 Å². The lowest BCUT2D eigenvalue weighted by Gasteiger charge is -2.42. The van der Waals surface area contributed by atoms with Crippen molar-refractivity contribution in [1.29, 1.82) is 0 Å². The van der Waals surface area contributed by atoms with Crippen molar-refractivity contribution in [2.45, 2.75) is 70.3 Å². The van der Waals surface area contributed by atoms with Gasteiger partial charge in [0.05, 0.1) is 0 Å². The fourth-order valence-electron chi connectivity index (χ4n) is 4.27. The maximum Gasteiger partial charge on any atom is 0.105 e. The van der Waals surface area contributed by atoms with E-state index in [1.54, 1.807) is 0 Å². The lowest BCUT2D eigenvalue weighted by Crippen LogP contribution is -2.38. The van der Waals surface area contributed by atoms with Crippen LogP contribution in [-0.2, 0) is 5.54 Å². The molecule has 0 unspecified atom stereocenters. The highest BCUT2D eigenvalue weighted by atomic mass is 35.5. The first kappa shape index (κ1) is 16.6. The van der Waals surface area contributed by atoms with Gasteiger partial charge in [0.15, 0.2) is 0 Å². The van der Waals surface area contributed by atoms with Gasteiger partial charge in [-0.1, -0.05) is 49.6 Å². The standard InChI is InChI=1S/C20H27ClN2/c1-3-4-11-20(23-15-14-22-16(23)2)12-9-17(10-13-20)18-7-5-6-8-19(18)21/h5-8,14-15,17H,3-4,9-13H2,1-2H3. The second-order valence-electron chi connectivity index (χ2n) is 6.97. The second kappa shape index (κ2) is 7.09. The minimum absolute atomic E-state index is 0.258. The Bertz CT molecular complexity index is 639. The zero-order valence-corrected chi connectivity index (χ0v) is 15.0. The highest BCUT2D eigenvalue weighted by molar-refractivity contribution is 6.31. The van der Waals surface area contributed by atoms with E-state index in [0.717, 1.165) is 10.8 Å². The van der Waals surface area contributed by atoms with Gasteiger partial charge in [0, 0.05) is 23.0 Å². The van der Waals surface area contributed by atoms with Gasteiger partial charge in [0.25, 0.3) is 0 Å². The van der Waals surface area contributed by atoms with Crippen LogP contribution >= 0.6 is 11.6 Å². The van der Waals surface area contributed by atoms with Crippen LogP contribution in [-0.4, -0.2) is 9.55 Å². The van der Waals surface area contributed by atoms with Gasteiger partial charge >= 0.3 is 0 Å². The van der Waals surface area contributed by atoms with E-state index in [-0.39, 0.29) is 5.54 Å². The number of aromatic nitrogens is 2. The molecule has 0 spiro atoms. The number of unbranched alkanes of at least 4 members (excludes halogenated alkanes) is 1. The fourth-order valence-corrected chi connectivity index (χ4v) is 4.56. The van der Waals surface area contributed by atoms with Gasteiger partial charge in [-0.25, -0.2) is 4.98 Å². The van der Waals surface area contributed by atoms with E-state index < -0.39 is 0 Å². The summed E-state index contributed by atoms with van der Waals surface area (Å²) in [4.78, 5) is 4.48. The third-order valence-corrected chi connectivity index (χ3v) is 5.94. The number of nitrogens with zero attached hydrogens (tertiary/aromatic N) is 2. The first-order valence-electron chi connectivity index (χ1n) is 8.91. The summed E-state index contributed by atoms with van der Waals surface area (Å²) in [6.45, 7) is 4.41. The summed E-state index contributed by atoms with van der Waals surface area (Å²) in [5.74, 6) is 1.75. The molecule has 23 heavy (non-hydrogen) atoms. The third kappa shape index (κ3) is 3.33. The lowest BCUT2D eigenvalue weighted by atomic mass is 9.71. The van der Waals surface area contributed by atoms with Crippen LogP contribution in [0.15, 0.2) is 36.7 Å². The van der Waals surface area contributed by atoms with Crippen molar-refractivity contribution in [3.05, 3.63) is 53.1 Å². The van der Waals surface area contributed by atoms with Gasteiger partial charge in [0.2, 0.25) is 0 Å². The number of benzene rings is 1. The molecule has 1 saturated carbocycles. The predicted molar refractivity (Wildman–Crippen MR) is 97.1 cm³/mol. The normalized spacial score (nSPS) is 24.7. The molecule has 124 valence electrons. The molecular formula is C20H27ClN2. The van der Waals surface area contributed by atoms with Crippen LogP contribution in [0.25, 0.3) is 0 Å². The van der Waals surface area contributed by atoms with Crippen molar-refractivity contribution in [3.63, 3.8) is 0 Å². The van der Waals surface area contributed by atoms with E-state index in [1.807, 2.05) is 18.3 Å². The average Bonchev–Trinajstić information content (AvgIpc) is 3.01. The molecule has 1 aliphatic rings. The Hall–Kier alpha value is -1.28. The molecule has 1 aromatic heterocycles. The zero-order chi connectivity index (χ0) is 16.3. The summed E-state index contributed by atoms with van der Waals surface area (Å²) >= 11 is 6.42. The molecule has 0 radical (unpaired) electrons. The highest BCUT2D eigenvalue weighted by Crippen LogP contribution is 2.46. The molecule has 0 N–H and O–H groups in total. The van der Waals surface area contributed by atoms with Crippen LogP contribution in [0.4, 0.5) is 0 Å². The number of halogens is 1. The minimum Gasteiger partial charge on any atom is -0.329 e. The molecule has 0 atom stereocenters. The van der Waals surface area contributed by atoms with Crippen LogP contribution < -0.4 is 0 Å². The molecule has 0 aliphatic heterocycles. The van der Waals surface area contributed by atoms with Gasteiger partial charge in [-0.05, 0) is 56.6 Å². The Balaban J connectivity index is 1.80. The molecule has 0 bridgehead atoms. The predicted octanol–water partition coefficient (Wildman–Crippen LogP) is 6.09. The molecular weight excluding hydrogens is 304 g/mol. The SMILES string of the molecule is CCCCC1(n2ccnc2C)CCC(c2ccccc2Cl)CC1. The van der Waals surface area contributed by atoms with Crippen LogP contribution in [0.3, 0.4) is 0 Å². The van der Waals surface area contributed by atoms with Crippen LogP contribution in [0, 0.1) is 6.92 Å². The molecule has 1 aromatic carbocycles. The maximum absolute atomic E-state index is 6.42. The van der Waals surface area contributed by atoms with Crippen molar-refractivity contribution < 1.29 is 0 Å². The van der Waals surface area contributed by atoms with E-state index in [0.29, 0.717) is 5.92 Å². The van der Waals surface area contributed by atoms with E-state index in [9.17, 15) is 0 Å². The van der Waals surface area contributed by atoms with Crippen molar-refractivity contribution in [3.8, 4) is 0 Å². The molecule has 1 heterocycles. The van der Waals surface area contributed by atoms with Crippen molar-refractivity contribution >= 4 is 11.6 Å². The smallest absolute Gasteiger partial charge is 0.105 e. The summed E-state index contributed by atoms with van der Waals surface area (Å²) in [6, 6.07) is 8.36. The van der Waals surface area contributed by atoms with Gasteiger partial charge in [-0.15, -0.1) is 0 Å². The minimum atomic E-state index is 0.258. The number of aryl methyl sites for hydroxylation is 1. The Morgan fingerprint density at radius 2 is 2.00 bits per heavy atom. The summed E-state index contributed by atoms with van der Waals surface area (Å²) in [5.41, 5.74) is 1.59. The summed E-state index contributed by atoms with van der Waals surface area (Å²) in [5, 5.41) is 0.928. The highest BCUT2D eigenvalue weighted by Gasteiger charge is 2.37. The van der Waals surface area contributed by atoms with Crippen LogP contribution in [0.2, 0.25) is 5.02 Å². The van der Waals surface area contributed by atoms with Crippen LogP contribution in [0.1, 0.15) is 69.2 Å². The first-order chi connectivity index (χ1) is 11.2. The lowest BCUT2D eigenvalue weighted by molar-refractivity contribution is 0.157. The molecule has 1 fully saturated rings. The van der Waals surface area contributed by atoms with E-state index in [4.69, 9.17) is 11.6 Å². The molecule has 3 rings (SSSR count). The van der Waals surface area contributed by atoms with E-state index in [1.165, 1.54) is 50.5 Å². The first-order valence-corrected chi connectivity index (χ1v) is 9.29. The molecule has 0 amide bonds. The second-order valence-corrected chi connectivity index (χ2v) is 7.38. The molecule has 0 saturated heterocycles. The summed E-state index contributed by atoms with van der Waals surface area (Å²) in [7, 11) is 0. The third-order valence-electron chi connectivity index (χ3n) is 5.59. The Labute approximate surface area is 144 Å². The Morgan fingerprint density at radius 1 is 1.26 bits per heavy atom. The van der Waals surface area contributed by atoms with Gasteiger partial charge in [-0.2, -0.15) is 0 Å². The number of hydrogen-bond acceptors (Lipinski definition) is 1. The number of hydrogen-bond donors (Lipinski definition) is 0. The number of imidazole rings is 1. The average molecular weight is 331 g/mol. The largest absolute Gasteiger partial charge is 0.329 e. The van der Waals surface area contributed by atoms with Gasteiger partial charge in [0.1, 0.15) is 5.82 Å². The fraction of sp³-hybridized carbons (Fsp3) is 0.550. The van der Waals surface area contributed by atoms with E-state index in [2.05, 4.69) is 41.7 Å². The Kier molecular flexibility index (Phi) is 5.11.